The second kappa shape index (κ2) is 5.61. The van der Waals surface area contributed by atoms with E-state index < -0.39 is 5.82 Å². The molecule has 1 saturated heterocycles. The number of rotatable bonds is 2. The Morgan fingerprint density at radius 2 is 2.11 bits per heavy atom. The third-order valence-corrected chi connectivity index (χ3v) is 3.13. The van der Waals surface area contributed by atoms with E-state index in [1.54, 1.807) is 12.1 Å². The van der Waals surface area contributed by atoms with Crippen LogP contribution in [0.4, 0.5) is 4.39 Å². The van der Waals surface area contributed by atoms with Crippen molar-refractivity contribution in [3.63, 3.8) is 0 Å². The van der Waals surface area contributed by atoms with Crippen LogP contribution in [-0.2, 0) is 6.54 Å². The van der Waals surface area contributed by atoms with Crippen molar-refractivity contribution < 1.29 is 9.60 Å². The molecule has 94 valence electrons. The van der Waals surface area contributed by atoms with Crippen LogP contribution in [0.5, 0.6) is 0 Å². The van der Waals surface area contributed by atoms with E-state index in [0.29, 0.717) is 6.54 Å². The zero-order valence-corrected chi connectivity index (χ0v) is 9.93. The molecule has 0 spiro atoms. The van der Waals surface area contributed by atoms with Crippen LogP contribution >= 0.6 is 0 Å². The highest BCUT2D eigenvalue weighted by molar-refractivity contribution is 5.84. The fourth-order valence-corrected chi connectivity index (χ4v) is 2.08. The first kappa shape index (κ1) is 12.5. The van der Waals surface area contributed by atoms with Gasteiger partial charge in [-0.2, -0.15) is 5.26 Å². The minimum absolute atomic E-state index is 0.0853. The molecular weight excluding hydrogens is 233 g/mol. The lowest BCUT2D eigenvalue weighted by atomic mass is 10.1. The monoisotopic (exact) mass is 247 g/mol. The summed E-state index contributed by atoms with van der Waals surface area (Å²) in [6.07, 6.45) is 1.51. The molecule has 0 unspecified atom stereocenters. The van der Waals surface area contributed by atoms with Crippen LogP contribution in [-0.4, -0.2) is 28.9 Å². The first-order chi connectivity index (χ1) is 8.72. The number of hydrogen-bond acceptors (Lipinski definition) is 4. The minimum Gasteiger partial charge on any atom is -0.411 e. The number of nitriles is 1. The van der Waals surface area contributed by atoms with Gasteiger partial charge in [0.05, 0.1) is 11.3 Å². The quantitative estimate of drug-likeness (QED) is 0.643. The molecule has 0 aliphatic carbocycles. The van der Waals surface area contributed by atoms with Gasteiger partial charge in [-0.05, 0) is 17.7 Å². The number of oxime groups is 1. The Labute approximate surface area is 105 Å². The Morgan fingerprint density at radius 1 is 1.39 bits per heavy atom. The van der Waals surface area contributed by atoms with Crippen molar-refractivity contribution in [2.45, 2.75) is 19.4 Å². The Balaban J connectivity index is 2.01. The molecule has 1 aliphatic heterocycles. The smallest absolute Gasteiger partial charge is 0.140 e. The van der Waals surface area contributed by atoms with Gasteiger partial charge in [-0.3, -0.25) is 4.90 Å². The summed E-state index contributed by atoms with van der Waals surface area (Å²) in [6.45, 7) is 2.32. The molecule has 1 aliphatic rings. The lowest BCUT2D eigenvalue weighted by Crippen LogP contribution is -2.33. The summed E-state index contributed by atoms with van der Waals surface area (Å²) in [4.78, 5) is 2.20. The van der Waals surface area contributed by atoms with Gasteiger partial charge >= 0.3 is 0 Å². The summed E-state index contributed by atoms with van der Waals surface area (Å²) in [5, 5.41) is 20.7. The predicted molar refractivity (Wildman–Crippen MR) is 64.8 cm³/mol. The van der Waals surface area contributed by atoms with Gasteiger partial charge in [0.2, 0.25) is 0 Å². The second-order valence-electron chi connectivity index (χ2n) is 4.37. The number of piperidine rings is 1. The first-order valence-electron chi connectivity index (χ1n) is 5.83. The van der Waals surface area contributed by atoms with Crippen molar-refractivity contribution in [3.8, 4) is 6.07 Å². The van der Waals surface area contributed by atoms with E-state index in [-0.39, 0.29) is 5.56 Å². The third kappa shape index (κ3) is 2.84. The third-order valence-electron chi connectivity index (χ3n) is 3.13. The fraction of sp³-hybridized carbons (Fsp3) is 0.385. The molecule has 4 nitrogen and oxygen atoms in total. The SMILES string of the molecule is N#Cc1cc(CN2CCC(=NO)CC2)ccc1F. The van der Waals surface area contributed by atoms with Gasteiger partial charge in [-0.1, -0.05) is 11.2 Å². The maximum Gasteiger partial charge on any atom is 0.140 e. The molecule has 0 atom stereocenters. The predicted octanol–water partition coefficient (Wildman–Crippen LogP) is 2.12. The van der Waals surface area contributed by atoms with E-state index in [4.69, 9.17) is 10.5 Å². The number of likely N-dealkylation sites (tertiary alicyclic amines) is 1. The Hall–Kier alpha value is -1.93. The maximum atomic E-state index is 13.2. The van der Waals surface area contributed by atoms with Crippen LogP contribution in [0.25, 0.3) is 0 Å². The normalized spacial score (nSPS) is 16.3. The van der Waals surface area contributed by atoms with Crippen molar-refractivity contribution in [3.05, 3.63) is 35.1 Å². The molecule has 1 N–H and O–H groups in total. The Morgan fingerprint density at radius 3 is 2.72 bits per heavy atom. The zero-order chi connectivity index (χ0) is 13.0. The lowest BCUT2D eigenvalue weighted by Gasteiger charge is -2.26. The average molecular weight is 247 g/mol. The molecule has 1 fully saturated rings. The van der Waals surface area contributed by atoms with E-state index in [1.165, 1.54) is 6.07 Å². The van der Waals surface area contributed by atoms with E-state index in [2.05, 4.69) is 10.1 Å². The summed E-state index contributed by atoms with van der Waals surface area (Å²) in [6, 6.07) is 6.46. The molecule has 5 heteroatoms. The van der Waals surface area contributed by atoms with Crippen molar-refractivity contribution in [1.29, 1.82) is 5.26 Å². The van der Waals surface area contributed by atoms with Crippen LogP contribution in [0.2, 0.25) is 0 Å². The largest absolute Gasteiger partial charge is 0.411 e. The Bertz CT molecular complexity index is 497. The molecule has 1 heterocycles. The highest BCUT2D eigenvalue weighted by atomic mass is 19.1. The van der Waals surface area contributed by atoms with Gasteiger partial charge in [-0.15, -0.1) is 0 Å². The highest BCUT2D eigenvalue weighted by Crippen LogP contribution is 2.14. The van der Waals surface area contributed by atoms with Crippen molar-refractivity contribution in [2.75, 3.05) is 13.1 Å². The van der Waals surface area contributed by atoms with Crippen LogP contribution in [0.1, 0.15) is 24.0 Å². The summed E-state index contributed by atoms with van der Waals surface area (Å²) in [5.74, 6) is -0.477. The van der Waals surface area contributed by atoms with Gasteiger partial charge in [-0.25, -0.2) is 4.39 Å². The number of halogens is 1. The van der Waals surface area contributed by atoms with Crippen LogP contribution in [0.3, 0.4) is 0 Å². The van der Waals surface area contributed by atoms with Crippen molar-refractivity contribution in [2.24, 2.45) is 5.16 Å². The number of benzene rings is 1. The topological polar surface area (TPSA) is 59.6 Å². The molecule has 0 aromatic heterocycles. The lowest BCUT2D eigenvalue weighted by molar-refractivity contribution is 0.256. The second-order valence-corrected chi connectivity index (χ2v) is 4.37. The van der Waals surface area contributed by atoms with E-state index in [1.807, 2.05) is 6.07 Å². The molecule has 18 heavy (non-hydrogen) atoms. The first-order valence-corrected chi connectivity index (χ1v) is 5.83. The maximum absolute atomic E-state index is 13.2. The molecule has 2 rings (SSSR count). The van der Waals surface area contributed by atoms with Gasteiger partial charge in [0.25, 0.3) is 0 Å². The van der Waals surface area contributed by atoms with Crippen LogP contribution < -0.4 is 0 Å². The standard InChI is InChI=1S/C13H14FN3O/c14-13-2-1-10(7-11(13)8-15)9-17-5-3-12(16-18)4-6-17/h1-2,7,18H,3-6,9H2. The van der Waals surface area contributed by atoms with Crippen LogP contribution in [0.15, 0.2) is 23.4 Å². The molecule has 1 aromatic rings. The van der Waals surface area contributed by atoms with E-state index >= 15 is 0 Å². The average Bonchev–Trinajstić information content (AvgIpc) is 2.42. The van der Waals surface area contributed by atoms with Crippen molar-refractivity contribution >= 4 is 5.71 Å². The highest BCUT2D eigenvalue weighted by Gasteiger charge is 2.15. The summed E-state index contributed by atoms with van der Waals surface area (Å²) >= 11 is 0. The summed E-state index contributed by atoms with van der Waals surface area (Å²) < 4.78 is 13.2. The molecular formula is C13H14FN3O. The molecule has 0 amide bonds. The molecule has 1 aromatic carbocycles. The number of nitrogens with zero attached hydrogens (tertiary/aromatic N) is 3. The zero-order valence-electron chi connectivity index (χ0n) is 9.93. The Kier molecular flexibility index (Phi) is 3.90. The molecule has 0 radical (unpaired) electrons. The van der Waals surface area contributed by atoms with Crippen molar-refractivity contribution in [1.82, 2.24) is 4.90 Å². The molecule has 0 saturated carbocycles. The van der Waals surface area contributed by atoms with E-state index in [9.17, 15) is 4.39 Å². The molecule has 0 bridgehead atoms. The van der Waals surface area contributed by atoms with Gasteiger partial charge in [0.15, 0.2) is 0 Å². The fourth-order valence-electron chi connectivity index (χ4n) is 2.08. The van der Waals surface area contributed by atoms with Gasteiger partial charge in [0, 0.05) is 32.5 Å². The van der Waals surface area contributed by atoms with E-state index in [0.717, 1.165) is 37.2 Å². The number of hydrogen-bond donors (Lipinski definition) is 1. The van der Waals surface area contributed by atoms with Crippen LogP contribution in [0, 0.1) is 17.1 Å². The van der Waals surface area contributed by atoms with Gasteiger partial charge < -0.3 is 5.21 Å². The van der Waals surface area contributed by atoms with Gasteiger partial charge in [0.1, 0.15) is 11.9 Å². The summed E-state index contributed by atoms with van der Waals surface area (Å²) in [5.41, 5.74) is 1.84. The summed E-state index contributed by atoms with van der Waals surface area (Å²) in [7, 11) is 0. The minimum atomic E-state index is -0.477.